The number of carbonyl (C=O) groups excluding carboxylic acids is 1. The van der Waals surface area contributed by atoms with Gasteiger partial charge in [0.1, 0.15) is 0 Å². The van der Waals surface area contributed by atoms with Gasteiger partial charge in [-0.05, 0) is 43.3 Å². The van der Waals surface area contributed by atoms with E-state index in [0.717, 1.165) is 31.7 Å². The summed E-state index contributed by atoms with van der Waals surface area (Å²) in [5.41, 5.74) is 6.98. The van der Waals surface area contributed by atoms with Crippen LogP contribution in [0, 0.1) is 22.0 Å². The van der Waals surface area contributed by atoms with E-state index in [4.69, 9.17) is 5.73 Å². The van der Waals surface area contributed by atoms with Crippen molar-refractivity contribution >= 4 is 11.6 Å². The fourth-order valence-corrected chi connectivity index (χ4v) is 3.62. The van der Waals surface area contributed by atoms with Crippen LogP contribution in [0.3, 0.4) is 0 Å². The molecule has 0 saturated carbocycles. The molecule has 2 saturated heterocycles. The van der Waals surface area contributed by atoms with Crippen molar-refractivity contribution in [2.75, 3.05) is 26.2 Å². The maximum absolute atomic E-state index is 12.6. The predicted molar refractivity (Wildman–Crippen MR) is 85.8 cm³/mol. The third-order valence-electron chi connectivity index (χ3n) is 4.72. The third-order valence-corrected chi connectivity index (χ3v) is 4.72. The maximum atomic E-state index is 12.6. The van der Waals surface area contributed by atoms with Crippen molar-refractivity contribution in [2.24, 2.45) is 17.6 Å². The number of fused-ring (bicyclic) bond motifs is 2. The van der Waals surface area contributed by atoms with Gasteiger partial charge in [-0.25, -0.2) is 0 Å². The number of amides is 1. The molecule has 3 N–H and O–H groups in total. The van der Waals surface area contributed by atoms with Gasteiger partial charge in [0.25, 0.3) is 5.69 Å². The highest BCUT2D eigenvalue weighted by Crippen LogP contribution is 2.25. The second-order valence-corrected chi connectivity index (χ2v) is 6.60. The molecule has 1 aromatic carbocycles. The van der Waals surface area contributed by atoms with Gasteiger partial charge in [-0.1, -0.05) is 12.1 Å². The summed E-state index contributed by atoms with van der Waals surface area (Å²) in [6, 6.07) is 5.64. The Labute approximate surface area is 135 Å². The van der Waals surface area contributed by atoms with E-state index in [1.165, 1.54) is 18.6 Å². The van der Waals surface area contributed by atoms with Crippen molar-refractivity contribution in [2.45, 2.75) is 18.9 Å². The standard InChI is InChI=1S/C16H22N4O3/c17-15(6-11-1-3-14(4-2-11)20(22)23)16(21)19-9-12-5-13(10-19)8-18-7-12/h1-4,12-13,15,18H,5-10,17H2/t12?,13?,15-/m0/s1. The lowest BCUT2D eigenvalue weighted by Crippen LogP contribution is -2.56. The molecule has 2 aliphatic rings. The summed E-state index contributed by atoms with van der Waals surface area (Å²) < 4.78 is 0. The van der Waals surface area contributed by atoms with E-state index in [-0.39, 0.29) is 11.6 Å². The molecular weight excluding hydrogens is 296 g/mol. The lowest BCUT2D eigenvalue weighted by molar-refractivity contribution is -0.384. The summed E-state index contributed by atoms with van der Waals surface area (Å²) >= 11 is 0. The van der Waals surface area contributed by atoms with Crippen molar-refractivity contribution in [3.05, 3.63) is 39.9 Å². The Hall–Kier alpha value is -1.99. The normalized spacial score (nSPS) is 25.0. The topological polar surface area (TPSA) is 101 Å². The number of rotatable bonds is 4. The lowest BCUT2D eigenvalue weighted by Gasteiger charge is -2.42. The van der Waals surface area contributed by atoms with Crippen LogP contribution in [-0.4, -0.2) is 48.0 Å². The van der Waals surface area contributed by atoms with Crippen LogP contribution in [0.5, 0.6) is 0 Å². The number of nitrogens with two attached hydrogens (primary N) is 1. The first-order valence-electron chi connectivity index (χ1n) is 8.01. The number of nitrogens with one attached hydrogen (secondary N) is 1. The Morgan fingerprint density at radius 2 is 1.91 bits per heavy atom. The Bertz CT molecular complexity index is 577. The number of benzene rings is 1. The molecule has 2 heterocycles. The Morgan fingerprint density at radius 3 is 2.48 bits per heavy atom. The first-order chi connectivity index (χ1) is 11.0. The second-order valence-electron chi connectivity index (χ2n) is 6.60. The van der Waals surface area contributed by atoms with E-state index in [1.807, 2.05) is 4.90 Å². The molecule has 0 aromatic heterocycles. The SMILES string of the molecule is N[C@@H](Cc1ccc([N+](=O)[O-])cc1)C(=O)N1CC2CNCC(C2)C1. The molecule has 23 heavy (non-hydrogen) atoms. The number of nitro benzene ring substituents is 1. The molecule has 2 fully saturated rings. The van der Waals surface area contributed by atoms with E-state index in [0.29, 0.717) is 18.3 Å². The van der Waals surface area contributed by atoms with Crippen molar-refractivity contribution in [1.82, 2.24) is 10.2 Å². The fourth-order valence-electron chi connectivity index (χ4n) is 3.62. The zero-order chi connectivity index (χ0) is 16.4. The number of nitrogens with zero attached hydrogens (tertiary/aromatic N) is 2. The van der Waals surface area contributed by atoms with Crippen LogP contribution in [-0.2, 0) is 11.2 Å². The fraction of sp³-hybridized carbons (Fsp3) is 0.562. The Balaban J connectivity index is 1.60. The molecule has 0 radical (unpaired) electrons. The average Bonchev–Trinajstić information content (AvgIpc) is 2.54. The van der Waals surface area contributed by atoms with Crippen LogP contribution >= 0.6 is 0 Å². The van der Waals surface area contributed by atoms with E-state index in [1.54, 1.807) is 12.1 Å². The zero-order valence-corrected chi connectivity index (χ0v) is 13.0. The van der Waals surface area contributed by atoms with E-state index in [9.17, 15) is 14.9 Å². The van der Waals surface area contributed by atoms with Gasteiger partial charge >= 0.3 is 0 Å². The summed E-state index contributed by atoms with van der Waals surface area (Å²) in [4.78, 5) is 24.7. The first-order valence-corrected chi connectivity index (χ1v) is 8.01. The van der Waals surface area contributed by atoms with Gasteiger partial charge in [-0.3, -0.25) is 14.9 Å². The summed E-state index contributed by atoms with van der Waals surface area (Å²) in [7, 11) is 0. The van der Waals surface area contributed by atoms with Gasteiger partial charge in [0.05, 0.1) is 11.0 Å². The molecule has 2 bridgehead atoms. The summed E-state index contributed by atoms with van der Waals surface area (Å²) in [5.74, 6) is 1.04. The largest absolute Gasteiger partial charge is 0.341 e. The number of piperidine rings is 2. The molecule has 1 amide bonds. The first kappa shape index (κ1) is 15.9. The number of carbonyl (C=O) groups is 1. The molecule has 3 atom stereocenters. The molecule has 1 aromatic rings. The zero-order valence-electron chi connectivity index (χ0n) is 13.0. The Kier molecular flexibility index (Phi) is 4.58. The van der Waals surface area contributed by atoms with Crippen LogP contribution in [0.2, 0.25) is 0 Å². The highest BCUT2D eigenvalue weighted by molar-refractivity contribution is 5.82. The van der Waals surface area contributed by atoms with Gasteiger partial charge in [-0.2, -0.15) is 0 Å². The highest BCUT2D eigenvalue weighted by atomic mass is 16.6. The van der Waals surface area contributed by atoms with Crippen LogP contribution in [0.15, 0.2) is 24.3 Å². The van der Waals surface area contributed by atoms with Crippen molar-refractivity contribution in [3.63, 3.8) is 0 Å². The average molecular weight is 318 g/mol. The number of nitro groups is 1. The quantitative estimate of drug-likeness (QED) is 0.623. The highest BCUT2D eigenvalue weighted by Gasteiger charge is 2.34. The number of likely N-dealkylation sites (tertiary alicyclic amines) is 1. The molecule has 0 spiro atoms. The summed E-state index contributed by atoms with van der Waals surface area (Å²) in [6.07, 6.45) is 1.59. The minimum atomic E-state index is -0.594. The van der Waals surface area contributed by atoms with E-state index in [2.05, 4.69) is 5.32 Å². The molecule has 3 rings (SSSR count). The molecule has 2 aliphatic heterocycles. The predicted octanol–water partition coefficient (Wildman–Crippen LogP) is 0.532. The van der Waals surface area contributed by atoms with Gasteiger partial charge in [0.2, 0.25) is 5.91 Å². The van der Waals surface area contributed by atoms with Crippen molar-refractivity contribution in [1.29, 1.82) is 0 Å². The van der Waals surface area contributed by atoms with Crippen LogP contribution in [0.4, 0.5) is 5.69 Å². The molecule has 0 aliphatic carbocycles. The number of non-ortho nitro benzene ring substituents is 1. The number of hydrogen-bond acceptors (Lipinski definition) is 5. The minimum absolute atomic E-state index is 0.0139. The van der Waals surface area contributed by atoms with Crippen molar-refractivity contribution < 1.29 is 9.72 Å². The molecular formula is C16H22N4O3. The number of hydrogen-bond donors (Lipinski definition) is 2. The summed E-state index contributed by atoms with van der Waals surface area (Å²) in [6.45, 7) is 3.49. The second kappa shape index (κ2) is 6.64. The van der Waals surface area contributed by atoms with Gasteiger partial charge in [0, 0.05) is 25.2 Å². The summed E-state index contributed by atoms with van der Waals surface area (Å²) in [5, 5.41) is 14.1. The Morgan fingerprint density at radius 1 is 1.30 bits per heavy atom. The van der Waals surface area contributed by atoms with Gasteiger partial charge in [0.15, 0.2) is 0 Å². The smallest absolute Gasteiger partial charge is 0.269 e. The maximum Gasteiger partial charge on any atom is 0.269 e. The van der Waals surface area contributed by atoms with Crippen molar-refractivity contribution in [3.8, 4) is 0 Å². The van der Waals surface area contributed by atoms with Crippen LogP contribution < -0.4 is 11.1 Å². The monoisotopic (exact) mass is 318 g/mol. The minimum Gasteiger partial charge on any atom is -0.341 e. The molecule has 2 unspecified atom stereocenters. The van der Waals surface area contributed by atoms with Crippen LogP contribution in [0.1, 0.15) is 12.0 Å². The van der Waals surface area contributed by atoms with Gasteiger partial charge in [-0.15, -0.1) is 0 Å². The van der Waals surface area contributed by atoms with E-state index >= 15 is 0 Å². The molecule has 7 nitrogen and oxygen atoms in total. The molecule has 124 valence electrons. The van der Waals surface area contributed by atoms with E-state index < -0.39 is 11.0 Å². The third kappa shape index (κ3) is 3.68. The van der Waals surface area contributed by atoms with Crippen LogP contribution in [0.25, 0.3) is 0 Å². The van der Waals surface area contributed by atoms with Gasteiger partial charge < -0.3 is 16.0 Å². The molecule has 7 heteroatoms. The lowest BCUT2D eigenvalue weighted by atomic mass is 9.85.